The Morgan fingerprint density at radius 2 is 1.86 bits per heavy atom. The standard InChI is InChI=1S/C14H17F3N2O.ClH/c15-14(16,17)12-4-2-1-3-10(12)9-13(20)19-11-5-7-18-8-6-11;/h1-4,11,18H,5-9H2,(H,19,20);1H. The summed E-state index contributed by atoms with van der Waals surface area (Å²) in [6.45, 7) is 1.65. The number of amides is 1. The molecule has 1 fully saturated rings. The van der Waals surface area contributed by atoms with Crippen molar-refractivity contribution in [2.75, 3.05) is 13.1 Å². The molecule has 21 heavy (non-hydrogen) atoms. The van der Waals surface area contributed by atoms with Crippen LogP contribution in [0.25, 0.3) is 0 Å². The van der Waals surface area contributed by atoms with E-state index in [1.54, 1.807) is 0 Å². The van der Waals surface area contributed by atoms with Crippen molar-refractivity contribution in [2.24, 2.45) is 0 Å². The second-order valence-corrected chi connectivity index (χ2v) is 4.92. The second kappa shape index (κ2) is 7.66. The van der Waals surface area contributed by atoms with E-state index in [1.165, 1.54) is 18.2 Å². The Hall–Kier alpha value is -1.27. The van der Waals surface area contributed by atoms with E-state index >= 15 is 0 Å². The summed E-state index contributed by atoms with van der Waals surface area (Å²) in [5.74, 6) is -0.353. The number of benzene rings is 1. The molecule has 0 saturated carbocycles. The lowest BCUT2D eigenvalue weighted by molar-refractivity contribution is -0.138. The lowest BCUT2D eigenvalue weighted by atomic mass is 10.0. The molecule has 0 aliphatic carbocycles. The molecule has 1 aromatic carbocycles. The fourth-order valence-electron chi connectivity index (χ4n) is 2.37. The van der Waals surface area contributed by atoms with Crippen LogP contribution in [0.4, 0.5) is 13.2 Å². The van der Waals surface area contributed by atoms with Gasteiger partial charge in [0.2, 0.25) is 5.91 Å². The van der Waals surface area contributed by atoms with Gasteiger partial charge >= 0.3 is 6.18 Å². The van der Waals surface area contributed by atoms with E-state index in [0.29, 0.717) is 0 Å². The van der Waals surface area contributed by atoms with Gasteiger partial charge in [-0.05, 0) is 37.6 Å². The zero-order valence-electron chi connectivity index (χ0n) is 11.4. The van der Waals surface area contributed by atoms with Crippen LogP contribution in [-0.4, -0.2) is 25.0 Å². The van der Waals surface area contributed by atoms with Gasteiger partial charge in [-0.15, -0.1) is 12.4 Å². The number of hydrogen-bond acceptors (Lipinski definition) is 2. The SMILES string of the molecule is Cl.O=C(Cc1ccccc1C(F)(F)F)NC1CCNCC1. The molecule has 1 aromatic rings. The summed E-state index contributed by atoms with van der Waals surface area (Å²) in [5.41, 5.74) is -0.716. The van der Waals surface area contributed by atoms with Gasteiger partial charge in [-0.2, -0.15) is 13.2 Å². The van der Waals surface area contributed by atoms with Crippen LogP contribution >= 0.6 is 12.4 Å². The minimum atomic E-state index is -4.42. The molecule has 1 aliphatic rings. The molecule has 118 valence electrons. The first-order chi connectivity index (χ1) is 9.47. The predicted octanol–water partition coefficient (Wildman–Crippen LogP) is 2.54. The van der Waals surface area contributed by atoms with Crippen LogP contribution in [0, 0.1) is 0 Å². The summed E-state index contributed by atoms with van der Waals surface area (Å²) < 4.78 is 38.5. The number of hydrogen-bond donors (Lipinski definition) is 2. The molecule has 0 bridgehead atoms. The maximum Gasteiger partial charge on any atom is 0.416 e. The third kappa shape index (κ3) is 5.21. The largest absolute Gasteiger partial charge is 0.416 e. The smallest absolute Gasteiger partial charge is 0.353 e. The van der Waals surface area contributed by atoms with E-state index in [1.807, 2.05) is 0 Å². The van der Waals surface area contributed by atoms with Crippen LogP contribution in [0.3, 0.4) is 0 Å². The number of carbonyl (C=O) groups excluding carboxylic acids is 1. The zero-order valence-corrected chi connectivity index (χ0v) is 12.2. The molecule has 1 aliphatic heterocycles. The number of alkyl halides is 3. The minimum Gasteiger partial charge on any atom is -0.353 e. The summed E-state index contributed by atoms with van der Waals surface area (Å²) in [4.78, 5) is 11.9. The van der Waals surface area contributed by atoms with Crippen molar-refractivity contribution in [1.29, 1.82) is 0 Å². The summed E-state index contributed by atoms with van der Waals surface area (Å²) >= 11 is 0. The Balaban J connectivity index is 0.00000220. The highest BCUT2D eigenvalue weighted by atomic mass is 35.5. The second-order valence-electron chi connectivity index (χ2n) is 4.92. The van der Waals surface area contributed by atoms with E-state index in [-0.39, 0.29) is 36.3 Å². The van der Waals surface area contributed by atoms with E-state index in [9.17, 15) is 18.0 Å². The van der Waals surface area contributed by atoms with Crippen molar-refractivity contribution < 1.29 is 18.0 Å². The molecular weight excluding hydrogens is 305 g/mol. The summed E-state index contributed by atoms with van der Waals surface area (Å²) in [7, 11) is 0. The lowest BCUT2D eigenvalue weighted by Crippen LogP contribution is -2.43. The van der Waals surface area contributed by atoms with E-state index in [2.05, 4.69) is 10.6 Å². The fraction of sp³-hybridized carbons (Fsp3) is 0.500. The summed E-state index contributed by atoms with van der Waals surface area (Å²) in [6.07, 6.45) is -3.04. The van der Waals surface area contributed by atoms with Crippen molar-refractivity contribution in [3.05, 3.63) is 35.4 Å². The Labute approximate surface area is 127 Å². The number of rotatable bonds is 3. The molecular formula is C14H18ClF3N2O. The van der Waals surface area contributed by atoms with Gasteiger partial charge in [-0.1, -0.05) is 18.2 Å². The average molecular weight is 323 g/mol. The van der Waals surface area contributed by atoms with Gasteiger partial charge in [0.1, 0.15) is 0 Å². The third-order valence-electron chi connectivity index (χ3n) is 3.38. The molecule has 1 heterocycles. The lowest BCUT2D eigenvalue weighted by Gasteiger charge is -2.24. The minimum absolute atomic E-state index is 0. The Morgan fingerprint density at radius 3 is 2.48 bits per heavy atom. The Bertz CT molecular complexity index is 474. The predicted molar refractivity (Wildman–Crippen MR) is 76.4 cm³/mol. The number of carbonyl (C=O) groups is 1. The zero-order chi connectivity index (χ0) is 14.6. The fourth-order valence-corrected chi connectivity index (χ4v) is 2.37. The Kier molecular flexibility index (Phi) is 6.48. The highest BCUT2D eigenvalue weighted by molar-refractivity contribution is 5.85. The summed E-state index contributed by atoms with van der Waals surface area (Å²) in [6, 6.07) is 5.26. The molecule has 0 atom stereocenters. The van der Waals surface area contributed by atoms with Crippen molar-refractivity contribution >= 4 is 18.3 Å². The van der Waals surface area contributed by atoms with Gasteiger partial charge < -0.3 is 10.6 Å². The van der Waals surface area contributed by atoms with Crippen molar-refractivity contribution in [1.82, 2.24) is 10.6 Å². The molecule has 0 spiro atoms. The van der Waals surface area contributed by atoms with Gasteiger partial charge in [-0.3, -0.25) is 4.79 Å². The van der Waals surface area contributed by atoms with Gasteiger partial charge in [0, 0.05) is 6.04 Å². The number of piperidine rings is 1. The van der Waals surface area contributed by atoms with Crippen LogP contribution in [0.2, 0.25) is 0 Å². The van der Waals surface area contributed by atoms with E-state index in [4.69, 9.17) is 0 Å². The molecule has 0 unspecified atom stereocenters. The Morgan fingerprint density at radius 1 is 1.24 bits per heavy atom. The molecule has 3 nitrogen and oxygen atoms in total. The van der Waals surface area contributed by atoms with Crippen molar-refractivity contribution in [3.8, 4) is 0 Å². The highest BCUT2D eigenvalue weighted by Crippen LogP contribution is 2.32. The number of nitrogens with one attached hydrogen (secondary N) is 2. The molecule has 1 saturated heterocycles. The molecule has 0 radical (unpaired) electrons. The molecule has 7 heteroatoms. The molecule has 1 amide bonds. The van der Waals surface area contributed by atoms with Crippen LogP contribution < -0.4 is 10.6 Å². The van der Waals surface area contributed by atoms with E-state index < -0.39 is 11.7 Å². The van der Waals surface area contributed by atoms with Crippen LogP contribution in [-0.2, 0) is 17.4 Å². The van der Waals surface area contributed by atoms with Crippen LogP contribution in [0.1, 0.15) is 24.0 Å². The van der Waals surface area contributed by atoms with Gasteiger partial charge in [0.05, 0.1) is 12.0 Å². The first kappa shape index (κ1) is 17.8. The van der Waals surface area contributed by atoms with Gasteiger partial charge in [-0.25, -0.2) is 0 Å². The first-order valence-electron chi connectivity index (χ1n) is 6.62. The normalized spacial score (nSPS) is 16.1. The van der Waals surface area contributed by atoms with Gasteiger partial charge in [0.15, 0.2) is 0 Å². The van der Waals surface area contributed by atoms with Crippen molar-refractivity contribution in [3.63, 3.8) is 0 Å². The van der Waals surface area contributed by atoms with Crippen LogP contribution in [0.15, 0.2) is 24.3 Å². The van der Waals surface area contributed by atoms with Gasteiger partial charge in [0.25, 0.3) is 0 Å². The first-order valence-corrected chi connectivity index (χ1v) is 6.62. The highest BCUT2D eigenvalue weighted by Gasteiger charge is 2.33. The topological polar surface area (TPSA) is 41.1 Å². The molecule has 2 rings (SSSR count). The summed E-state index contributed by atoms with van der Waals surface area (Å²) in [5, 5.41) is 5.97. The maximum absolute atomic E-state index is 12.8. The molecule has 2 N–H and O–H groups in total. The third-order valence-corrected chi connectivity index (χ3v) is 3.38. The quantitative estimate of drug-likeness (QED) is 0.898. The number of halogens is 4. The molecule has 0 aromatic heterocycles. The average Bonchev–Trinajstić information content (AvgIpc) is 2.39. The van der Waals surface area contributed by atoms with Crippen molar-refractivity contribution in [2.45, 2.75) is 31.5 Å². The van der Waals surface area contributed by atoms with Crippen LogP contribution in [0.5, 0.6) is 0 Å². The monoisotopic (exact) mass is 322 g/mol. The maximum atomic E-state index is 12.8. The van der Waals surface area contributed by atoms with E-state index in [0.717, 1.165) is 32.0 Å².